The standard InChI is InChI=1S/C12H12BrClFN3S/c1-2-5-16-12(9-6-19-18-17-9)7-3-4-8(13)10(14)11(7)15/h3-4,6,12,16H,2,5H2,1H3. The van der Waals surface area contributed by atoms with Gasteiger partial charge in [0.25, 0.3) is 0 Å². The Balaban J connectivity index is 2.41. The molecule has 2 rings (SSSR count). The molecule has 0 aliphatic carbocycles. The van der Waals surface area contributed by atoms with Crippen LogP contribution in [0, 0.1) is 5.82 Å². The Morgan fingerprint density at radius 3 is 2.95 bits per heavy atom. The van der Waals surface area contributed by atoms with Gasteiger partial charge in [0.15, 0.2) is 0 Å². The third kappa shape index (κ3) is 3.31. The van der Waals surface area contributed by atoms with Gasteiger partial charge in [-0.05, 0) is 46.5 Å². The van der Waals surface area contributed by atoms with Crippen LogP contribution in [0.1, 0.15) is 30.6 Å². The number of benzene rings is 1. The lowest BCUT2D eigenvalue weighted by atomic mass is 10.0. The van der Waals surface area contributed by atoms with E-state index in [1.807, 2.05) is 12.3 Å². The molecular formula is C12H12BrClFN3S. The summed E-state index contributed by atoms with van der Waals surface area (Å²) in [6.07, 6.45) is 0.944. The minimum atomic E-state index is -0.433. The molecule has 0 radical (unpaired) electrons. The number of hydrogen-bond acceptors (Lipinski definition) is 4. The summed E-state index contributed by atoms with van der Waals surface area (Å²) in [6.45, 7) is 2.81. The molecule has 102 valence electrons. The quantitative estimate of drug-likeness (QED) is 0.809. The summed E-state index contributed by atoms with van der Waals surface area (Å²) in [5.74, 6) is -0.433. The Kier molecular flexibility index (Phi) is 5.27. The van der Waals surface area contributed by atoms with E-state index in [0.29, 0.717) is 15.7 Å². The lowest BCUT2D eigenvalue weighted by molar-refractivity contribution is 0.538. The summed E-state index contributed by atoms with van der Waals surface area (Å²) in [4.78, 5) is 0. The molecule has 0 amide bonds. The molecule has 19 heavy (non-hydrogen) atoms. The van der Waals surface area contributed by atoms with Gasteiger partial charge in [-0.15, -0.1) is 5.10 Å². The van der Waals surface area contributed by atoms with Gasteiger partial charge < -0.3 is 5.32 Å². The van der Waals surface area contributed by atoms with Crippen molar-refractivity contribution in [2.75, 3.05) is 6.54 Å². The highest BCUT2D eigenvalue weighted by atomic mass is 79.9. The maximum atomic E-state index is 14.3. The number of hydrogen-bond donors (Lipinski definition) is 1. The van der Waals surface area contributed by atoms with E-state index in [2.05, 4.69) is 30.8 Å². The molecule has 0 saturated carbocycles. The topological polar surface area (TPSA) is 37.8 Å². The van der Waals surface area contributed by atoms with Gasteiger partial charge in [-0.1, -0.05) is 29.1 Å². The average Bonchev–Trinajstić information content (AvgIpc) is 2.92. The molecule has 1 heterocycles. The summed E-state index contributed by atoms with van der Waals surface area (Å²) in [6, 6.07) is 3.11. The van der Waals surface area contributed by atoms with Crippen molar-refractivity contribution in [2.24, 2.45) is 0 Å². The van der Waals surface area contributed by atoms with E-state index < -0.39 is 5.82 Å². The zero-order chi connectivity index (χ0) is 13.8. The molecule has 1 atom stereocenters. The highest BCUT2D eigenvalue weighted by molar-refractivity contribution is 9.10. The zero-order valence-corrected chi connectivity index (χ0v) is 13.3. The zero-order valence-electron chi connectivity index (χ0n) is 10.2. The van der Waals surface area contributed by atoms with Gasteiger partial charge in [0, 0.05) is 15.4 Å². The van der Waals surface area contributed by atoms with Crippen molar-refractivity contribution in [1.29, 1.82) is 0 Å². The van der Waals surface area contributed by atoms with Crippen LogP contribution in [0.4, 0.5) is 4.39 Å². The van der Waals surface area contributed by atoms with E-state index in [-0.39, 0.29) is 11.1 Å². The van der Waals surface area contributed by atoms with Crippen molar-refractivity contribution in [3.63, 3.8) is 0 Å². The van der Waals surface area contributed by atoms with Crippen LogP contribution in [0.3, 0.4) is 0 Å². The van der Waals surface area contributed by atoms with Crippen molar-refractivity contribution < 1.29 is 4.39 Å². The molecule has 2 aromatic rings. The first-order chi connectivity index (χ1) is 9.15. The van der Waals surface area contributed by atoms with Crippen LogP contribution >= 0.6 is 39.1 Å². The molecule has 0 aliphatic heterocycles. The first kappa shape index (κ1) is 14.8. The molecule has 0 aliphatic rings. The highest BCUT2D eigenvalue weighted by Crippen LogP contribution is 2.32. The number of rotatable bonds is 5. The van der Waals surface area contributed by atoms with Crippen LogP contribution < -0.4 is 5.32 Å². The van der Waals surface area contributed by atoms with Crippen LogP contribution in [0.2, 0.25) is 5.02 Å². The summed E-state index contributed by atoms with van der Waals surface area (Å²) >= 11 is 10.4. The predicted molar refractivity (Wildman–Crippen MR) is 79.2 cm³/mol. The first-order valence-electron chi connectivity index (χ1n) is 5.78. The average molecular weight is 365 g/mol. The summed E-state index contributed by atoms with van der Waals surface area (Å²) < 4.78 is 18.7. The van der Waals surface area contributed by atoms with Crippen molar-refractivity contribution >= 4 is 39.1 Å². The SMILES string of the molecule is CCCNC(c1csnn1)c1ccc(Br)c(Cl)c1F. The monoisotopic (exact) mass is 363 g/mol. The minimum absolute atomic E-state index is 0.0870. The van der Waals surface area contributed by atoms with Crippen LogP contribution in [0.15, 0.2) is 22.0 Å². The third-order valence-corrected chi connectivity index (χ3v) is 4.43. The number of halogens is 3. The first-order valence-corrected chi connectivity index (χ1v) is 7.79. The fraction of sp³-hybridized carbons (Fsp3) is 0.333. The van der Waals surface area contributed by atoms with Crippen molar-refractivity contribution in [3.05, 3.63) is 44.1 Å². The molecule has 1 unspecified atom stereocenters. The van der Waals surface area contributed by atoms with Gasteiger partial charge in [0.05, 0.1) is 16.8 Å². The fourth-order valence-corrected chi connectivity index (χ4v) is 2.68. The van der Waals surface area contributed by atoms with Crippen molar-refractivity contribution in [1.82, 2.24) is 14.9 Å². The van der Waals surface area contributed by atoms with E-state index in [4.69, 9.17) is 11.6 Å². The lowest BCUT2D eigenvalue weighted by Gasteiger charge is -2.18. The number of nitrogens with one attached hydrogen (secondary N) is 1. The van der Waals surface area contributed by atoms with E-state index in [1.165, 1.54) is 11.5 Å². The van der Waals surface area contributed by atoms with Gasteiger partial charge >= 0.3 is 0 Å². The summed E-state index contributed by atoms with van der Waals surface area (Å²) in [5.41, 5.74) is 1.19. The van der Waals surface area contributed by atoms with Crippen molar-refractivity contribution in [3.8, 4) is 0 Å². The third-order valence-electron chi connectivity index (χ3n) is 2.65. The number of nitrogens with zero attached hydrogens (tertiary/aromatic N) is 2. The van der Waals surface area contributed by atoms with E-state index in [9.17, 15) is 4.39 Å². The largest absolute Gasteiger partial charge is 0.305 e. The van der Waals surface area contributed by atoms with Crippen LogP contribution in [-0.4, -0.2) is 16.1 Å². The van der Waals surface area contributed by atoms with Gasteiger partial charge in [-0.2, -0.15) is 0 Å². The normalized spacial score (nSPS) is 12.6. The molecule has 1 aromatic carbocycles. The molecule has 1 aromatic heterocycles. The van der Waals surface area contributed by atoms with Crippen molar-refractivity contribution in [2.45, 2.75) is 19.4 Å². The second-order valence-corrected chi connectivity index (χ2v) is 5.82. The molecule has 7 heteroatoms. The molecule has 0 saturated heterocycles. The molecule has 0 bridgehead atoms. The highest BCUT2D eigenvalue weighted by Gasteiger charge is 2.22. The summed E-state index contributed by atoms with van der Waals surface area (Å²) in [7, 11) is 0. The minimum Gasteiger partial charge on any atom is -0.305 e. The van der Waals surface area contributed by atoms with E-state index >= 15 is 0 Å². The molecule has 0 spiro atoms. The second kappa shape index (κ2) is 6.74. The maximum absolute atomic E-state index is 14.3. The lowest BCUT2D eigenvalue weighted by Crippen LogP contribution is -2.24. The van der Waals surface area contributed by atoms with Crippen LogP contribution in [-0.2, 0) is 0 Å². The Hall–Kier alpha value is -0.560. The molecular weight excluding hydrogens is 353 g/mol. The fourth-order valence-electron chi connectivity index (χ4n) is 1.72. The van der Waals surface area contributed by atoms with Crippen LogP contribution in [0.25, 0.3) is 0 Å². The Morgan fingerprint density at radius 1 is 1.53 bits per heavy atom. The smallest absolute Gasteiger partial charge is 0.148 e. The van der Waals surface area contributed by atoms with E-state index in [0.717, 1.165) is 13.0 Å². The van der Waals surface area contributed by atoms with Gasteiger partial charge in [-0.25, -0.2) is 4.39 Å². The van der Waals surface area contributed by atoms with Gasteiger partial charge in [-0.3, -0.25) is 0 Å². The van der Waals surface area contributed by atoms with Crippen LogP contribution in [0.5, 0.6) is 0 Å². The Bertz CT molecular complexity index is 550. The van der Waals surface area contributed by atoms with Gasteiger partial charge in [0.1, 0.15) is 5.82 Å². The summed E-state index contributed by atoms with van der Waals surface area (Å²) in [5, 5.41) is 9.18. The Labute approximate surface area is 128 Å². The molecule has 0 fully saturated rings. The second-order valence-electron chi connectivity index (χ2n) is 3.98. The predicted octanol–water partition coefficient (Wildman–Crippen LogP) is 4.18. The maximum Gasteiger partial charge on any atom is 0.148 e. The number of aromatic nitrogens is 2. The molecule has 3 nitrogen and oxygen atoms in total. The molecule has 1 N–H and O–H groups in total. The Morgan fingerprint density at radius 2 is 2.32 bits per heavy atom. The van der Waals surface area contributed by atoms with Gasteiger partial charge in [0.2, 0.25) is 0 Å². The van der Waals surface area contributed by atoms with E-state index in [1.54, 1.807) is 12.1 Å².